The molecule has 1 aromatic carbocycles. The molecule has 1 atom stereocenters. The number of hydrogen-bond donors (Lipinski definition) is 0. The third-order valence-electron chi connectivity index (χ3n) is 2.43. The predicted octanol–water partition coefficient (Wildman–Crippen LogP) is 2.62. The number of carbonyl (C=O) groups excluding carboxylic acids is 1. The fourth-order valence-corrected chi connectivity index (χ4v) is 1.70. The van der Waals surface area contributed by atoms with E-state index in [2.05, 4.69) is 15.9 Å². The summed E-state index contributed by atoms with van der Waals surface area (Å²) in [6, 6.07) is 7.88. The molecule has 0 bridgehead atoms. The molecule has 0 saturated carbocycles. The van der Waals surface area contributed by atoms with E-state index in [4.69, 9.17) is 4.74 Å². The highest BCUT2D eigenvalue weighted by Crippen LogP contribution is 2.11. The molecule has 0 aliphatic carbocycles. The van der Waals surface area contributed by atoms with E-state index in [0.717, 1.165) is 5.75 Å². The van der Waals surface area contributed by atoms with Crippen molar-refractivity contribution in [3.05, 3.63) is 29.8 Å². The molecule has 0 saturated heterocycles. The van der Waals surface area contributed by atoms with Gasteiger partial charge in [0.2, 0.25) is 5.91 Å². The van der Waals surface area contributed by atoms with Gasteiger partial charge in [-0.1, -0.05) is 33.6 Å². The number of benzene rings is 1. The number of likely N-dealkylation sites (N-methyl/N-ethyl adjacent to an activating group) is 1. The van der Waals surface area contributed by atoms with Gasteiger partial charge < -0.3 is 9.64 Å². The number of halogens is 1. The Morgan fingerprint density at radius 2 is 2.00 bits per heavy atom. The first-order valence-corrected chi connectivity index (χ1v) is 6.51. The Morgan fingerprint density at radius 1 is 1.41 bits per heavy atom. The maximum Gasteiger partial charge on any atom is 0.235 e. The van der Waals surface area contributed by atoms with E-state index in [1.165, 1.54) is 5.56 Å². The molecule has 1 unspecified atom stereocenters. The van der Waals surface area contributed by atoms with Crippen LogP contribution in [-0.2, 0) is 4.79 Å². The molecule has 0 aromatic heterocycles. The maximum absolute atomic E-state index is 11.6. The Morgan fingerprint density at radius 3 is 2.53 bits per heavy atom. The van der Waals surface area contributed by atoms with Crippen molar-refractivity contribution >= 4 is 21.8 Å². The van der Waals surface area contributed by atoms with Crippen LogP contribution in [0.1, 0.15) is 12.5 Å². The minimum absolute atomic E-state index is 0.0671. The van der Waals surface area contributed by atoms with Crippen molar-refractivity contribution in [1.29, 1.82) is 0 Å². The second-order valence-electron chi connectivity index (χ2n) is 4.04. The van der Waals surface area contributed by atoms with Gasteiger partial charge in [-0.05, 0) is 26.0 Å². The van der Waals surface area contributed by atoms with Crippen LogP contribution in [0.4, 0.5) is 0 Å². The number of rotatable bonds is 5. The zero-order valence-corrected chi connectivity index (χ0v) is 12.0. The van der Waals surface area contributed by atoms with E-state index in [0.29, 0.717) is 13.2 Å². The number of hydrogen-bond acceptors (Lipinski definition) is 2. The minimum Gasteiger partial charge on any atom is -0.492 e. The maximum atomic E-state index is 11.6. The summed E-state index contributed by atoms with van der Waals surface area (Å²) in [6.45, 7) is 4.95. The Kier molecular flexibility index (Phi) is 5.48. The highest BCUT2D eigenvalue weighted by molar-refractivity contribution is 9.10. The molecule has 3 nitrogen and oxygen atoms in total. The zero-order valence-electron chi connectivity index (χ0n) is 10.4. The Bertz CT molecular complexity index is 362. The highest BCUT2D eigenvalue weighted by Gasteiger charge is 2.13. The van der Waals surface area contributed by atoms with E-state index < -0.39 is 0 Å². The summed E-state index contributed by atoms with van der Waals surface area (Å²) >= 11 is 3.25. The summed E-state index contributed by atoms with van der Waals surface area (Å²) in [7, 11) is 1.78. The van der Waals surface area contributed by atoms with E-state index >= 15 is 0 Å². The molecule has 1 amide bonds. The molecule has 1 aromatic rings. The molecule has 17 heavy (non-hydrogen) atoms. The fraction of sp³-hybridized carbons (Fsp3) is 0.462. The van der Waals surface area contributed by atoms with Gasteiger partial charge in [0.1, 0.15) is 12.4 Å². The van der Waals surface area contributed by atoms with E-state index in [1.807, 2.05) is 38.1 Å². The van der Waals surface area contributed by atoms with Crippen molar-refractivity contribution in [1.82, 2.24) is 4.90 Å². The van der Waals surface area contributed by atoms with Crippen molar-refractivity contribution in [3.8, 4) is 5.75 Å². The minimum atomic E-state index is -0.146. The molecular weight excluding hydrogens is 282 g/mol. The molecule has 0 spiro atoms. The van der Waals surface area contributed by atoms with Gasteiger partial charge in [0.05, 0.1) is 11.4 Å². The van der Waals surface area contributed by atoms with Gasteiger partial charge in [0, 0.05) is 7.05 Å². The number of amides is 1. The molecular formula is C13H18BrNO2. The molecule has 0 aliphatic heterocycles. The van der Waals surface area contributed by atoms with Crippen LogP contribution < -0.4 is 4.74 Å². The van der Waals surface area contributed by atoms with Crippen LogP contribution in [0.2, 0.25) is 0 Å². The average Bonchev–Trinajstić information content (AvgIpc) is 2.30. The van der Waals surface area contributed by atoms with Crippen molar-refractivity contribution in [2.24, 2.45) is 0 Å². The van der Waals surface area contributed by atoms with Crippen LogP contribution in [0, 0.1) is 6.92 Å². The average molecular weight is 300 g/mol. The van der Waals surface area contributed by atoms with Gasteiger partial charge in [-0.25, -0.2) is 0 Å². The largest absolute Gasteiger partial charge is 0.492 e. The Hall–Kier alpha value is -1.03. The standard InChI is InChI=1S/C13H18BrNO2/c1-10-4-6-12(7-5-10)17-9-8-15(3)13(16)11(2)14/h4-7,11H,8-9H2,1-3H3. The van der Waals surface area contributed by atoms with Crippen molar-refractivity contribution in [2.45, 2.75) is 18.7 Å². The molecule has 0 fully saturated rings. The number of carbonyl (C=O) groups is 1. The monoisotopic (exact) mass is 299 g/mol. The highest BCUT2D eigenvalue weighted by atomic mass is 79.9. The van der Waals surface area contributed by atoms with Crippen LogP contribution in [0.25, 0.3) is 0 Å². The molecule has 94 valence electrons. The van der Waals surface area contributed by atoms with E-state index in [-0.39, 0.29) is 10.7 Å². The van der Waals surface area contributed by atoms with Gasteiger partial charge in [-0.15, -0.1) is 0 Å². The zero-order chi connectivity index (χ0) is 12.8. The van der Waals surface area contributed by atoms with Gasteiger partial charge in [0.15, 0.2) is 0 Å². The van der Waals surface area contributed by atoms with Gasteiger partial charge in [-0.2, -0.15) is 0 Å². The lowest BCUT2D eigenvalue weighted by Gasteiger charge is -2.18. The summed E-state index contributed by atoms with van der Waals surface area (Å²) in [4.78, 5) is 13.1. The lowest BCUT2D eigenvalue weighted by atomic mass is 10.2. The van der Waals surface area contributed by atoms with Crippen LogP contribution in [0.3, 0.4) is 0 Å². The van der Waals surface area contributed by atoms with Crippen LogP contribution in [-0.4, -0.2) is 35.8 Å². The lowest BCUT2D eigenvalue weighted by Crippen LogP contribution is -2.35. The first-order chi connectivity index (χ1) is 8.00. The number of ether oxygens (including phenoxy) is 1. The molecule has 0 N–H and O–H groups in total. The Balaban J connectivity index is 2.33. The molecule has 0 aliphatic rings. The third kappa shape index (κ3) is 4.77. The normalized spacial score (nSPS) is 12.0. The summed E-state index contributed by atoms with van der Waals surface area (Å²) in [5, 5.41) is 0. The summed E-state index contributed by atoms with van der Waals surface area (Å²) in [6.07, 6.45) is 0. The Labute approximate surface area is 111 Å². The summed E-state index contributed by atoms with van der Waals surface area (Å²) < 4.78 is 5.55. The van der Waals surface area contributed by atoms with Gasteiger partial charge in [0.25, 0.3) is 0 Å². The van der Waals surface area contributed by atoms with Crippen LogP contribution in [0.5, 0.6) is 5.75 Å². The molecule has 1 rings (SSSR count). The van der Waals surface area contributed by atoms with Crippen molar-refractivity contribution < 1.29 is 9.53 Å². The smallest absolute Gasteiger partial charge is 0.235 e. The second-order valence-corrected chi connectivity index (χ2v) is 5.41. The second kappa shape index (κ2) is 6.64. The van der Waals surface area contributed by atoms with Gasteiger partial charge in [-0.3, -0.25) is 4.79 Å². The number of aryl methyl sites for hydroxylation is 1. The quantitative estimate of drug-likeness (QED) is 0.782. The SMILES string of the molecule is Cc1ccc(OCCN(C)C(=O)C(C)Br)cc1. The van der Waals surface area contributed by atoms with Gasteiger partial charge >= 0.3 is 0 Å². The van der Waals surface area contributed by atoms with Crippen molar-refractivity contribution in [2.75, 3.05) is 20.2 Å². The summed E-state index contributed by atoms with van der Waals surface area (Å²) in [5.41, 5.74) is 1.21. The van der Waals surface area contributed by atoms with Crippen molar-refractivity contribution in [3.63, 3.8) is 0 Å². The van der Waals surface area contributed by atoms with Crippen LogP contribution in [0.15, 0.2) is 24.3 Å². The number of alkyl halides is 1. The first-order valence-electron chi connectivity index (χ1n) is 5.59. The lowest BCUT2D eigenvalue weighted by molar-refractivity contribution is -0.129. The summed E-state index contributed by atoms with van der Waals surface area (Å²) in [5.74, 6) is 0.904. The third-order valence-corrected chi connectivity index (χ3v) is 2.82. The van der Waals surface area contributed by atoms with E-state index in [9.17, 15) is 4.79 Å². The molecule has 0 radical (unpaired) electrons. The molecule has 0 heterocycles. The van der Waals surface area contributed by atoms with E-state index in [1.54, 1.807) is 11.9 Å². The number of nitrogens with zero attached hydrogens (tertiary/aromatic N) is 1. The predicted molar refractivity (Wildman–Crippen MR) is 72.7 cm³/mol. The van der Waals surface area contributed by atoms with Crippen LogP contribution >= 0.6 is 15.9 Å². The fourth-order valence-electron chi connectivity index (χ4n) is 1.35. The topological polar surface area (TPSA) is 29.5 Å². The molecule has 4 heteroatoms. The first kappa shape index (κ1) is 14.0.